The van der Waals surface area contributed by atoms with Crippen LogP contribution in [0.2, 0.25) is 0 Å². The van der Waals surface area contributed by atoms with Crippen LogP contribution < -0.4 is 16.0 Å². The van der Waals surface area contributed by atoms with E-state index in [9.17, 15) is 19.8 Å². The normalized spacial score (nSPS) is 12.6. The molecule has 0 fully saturated rings. The number of phenolic OH excluding ortho intramolecular Hbond substituents is 2. The smallest absolute Gasteiger partial charge is 0.338 e. The molecule has 0 bridgehead atoms. The highest BCUT2D eigenvalue weighted by Gasteiger charge is 2.18. The number of aromatic nitrogens is 1. The molecule has 1 aliphatic carbocycles. The van der Waals surface area contributed by atoms with E-state index in [-0.39, 0.29) is 27.4 Å². The molecule has 114 valence electrons. The largest absolute Gasteiger partial charge is 0.507 e. The summed E-state index contributed by atoms with van der Waals surface area (Å²) in [5.74, 6) is -1.45. The van der Waals surface area contributed by atoms with Crippen LogP contribution in [0.15, 0.2) is 28.7 Å². The van der Waals surface area contributed by atoms with Gasteiger partial charge in [-0.05, 0) is 19.9 Å². The lowest BCUT2D eigenvalue weighted by Crippen LogP contribution is -2.27. The number of rotatable bonds is 2. The maximum absolute atomic E-state index is 11.8. The number of H-pyrrole nitrogens is 1. The lowest BCUT2D eigenvalue weighted by atomic mass is 10.0. The molecule has 0 aromatic carbocycles. The second kappa shape index (κ2) is 5.77. The third kappa shape index (κ3) is 2.46. The van der Waals surface area contributed by atoms with Crippen molar-refractivity contribution in [3.8, 4) is 22.6 Å². The molecular weight excluding hydrogens is 286 g/mol. The minimum Gasteiger partial charge on any atom is -0.507 e. The molecular formula is C16H15NO5. The second-order valence-corrected chi connectivity index (χ2v) is 4.68. The molecule has 6 heteroatoms. The number of fused-ring (bicyclic) bond motifs is 1. The lowest BCUT2D eigenvalue weighted by molar-refractivity contribution is -0.131. The molecule has 0 saturated heterocycles. The van der Waals surface area contributed by atoms with E-state index in [1.807, 2.05) is 0 Å². The summed E-state index contributed by atoms with van der Waals surface area (Å²) in [6, 6.07) is 1.48. The Kier molecular flexibility index (Phi) is 4.03. The number of nitrogens with one attached hydrogen (secondary N) is 1. The molecule has 0 amide bonds. The van der Waals surface area contributed by atoms with Crippen LogP contribution in [0.3, 0.4) is 0 Å². The lowest BCUT2D eigenvalue weighted by Gasteiger charge is -2.10. The highest BCUT2D eigenvalue weighted by Crippen LogP contribution is 2.28. The molecule has 2 rings (SSSR count). The van der Waals surface area contributed by atoms with E-state index in [0.29, 0.717) is 5.57 Å². The highest BCUT2D eigenvalue weighted by atomic mass is 16.5. The Labute approximate surface area is 125 Å². The van der Waals surface area contributed by atoms with E-state index >= 15 is 0 Å². The molecule has 2 aliphatic rings. The van der Waals surface area contributed by atoms with Gasteiger partial charge in [0, 0.05) is 17.3 Å². The van der Waals surface area contributed by atoms with Crippen molar-refractivity contribution < 1.29 is 19.7 Å². The average Bonchev–Trinajstić information content (AvgIpc) is 2.54. The number of ether oxygens (including phenoxy) is 1. The van der Waals surface area contributed by atoms with Crippen molar-refractivity contribution in [2.75, 3.05) is 0 Å². The molecule has 1 heterocycles. The number of esters is 1. The van der Waals surface area contributed by atoms with Crippen molar-refractivity contribution in [1.29, 1.82) is 0 Å². The molecule has 0 radical (unpaired) electrons. The predicted octanol–water partition coefficient (Wildman–Crippen LogP) is 0.549. The van der Waals surface area contributed by atoms with Crippen molar-refractivity contribution in [2.45, 2.75) is 13.8 Å². The average molecular weight is 301 g/mol. The first kappa shape index (κ1) is 15.4. The highest BCUT2D eigenvalue weighted by molar-refractivity contribution is 5.89. The number of aromatic amines is 1. The Morgan fingerprint density at radius 1 is 1.36 bits per heavy atom. The van der Waals surface area contributed by atoms with E-state index in [1.54, 1.807) is 19.9 Å². The summed E-state index contributed by atoms with van der Waals surface area (Å²) in [5.41, 5.74) is -0.0856. The molecule has 0 atom stereocenters. The Morgan fingerprint density at radius 2 is 2.05 bits per heavy atom. The van der Waals surface area contributed by atoms with Gasteiger partial charge < -0.3 is 19.9 Å². The maximum Gasteiger partial charge on any atom is 0.338 e. The van der Waals surface area contributed by atoms with Gasteiger partial charge in [-0.25, -0.2) is 4.79 Å². The van der Waals surface area contributed by atoms with Crippen LogP contribution in [0.25, 0.3) is 24.0 Å². The molecule has 0 aromatic heterocycles. The molecule has 3 N–H and O–H groups in total. The fraction of sp³-hybridized carbons (Fsp3) is 0.125. The topological polar surface area (TPSA) is 99.6 Å². The van der Waals surface area contributed by atoms with Gasteiger partial charge in [0.2, 0.25) is 5.43 Å². The van der Waals surface area contributed by atoms with E-state index in [0.717, 1.165) is 6.26 Å². The van der Waals surface area contributed by atoms with Gasteiger partial charge in [-0.2, -0.15) is 0 Å². The zero-order valence-corrected chi connectivity index (χ0v) is 12.1. The van der Waals surface area contributed by atoms with Crippen LogP contribution in [0.5, 0.6) is 11.5 Å². The monoisotopic (exact) mass is 301 g/mol. The molecule has 0 spiro atoms. The first-order chi connectivity index (χ1) is 10.4. The van der Waals surface area contributed by atoms with Gasteiger partial charge in [0.05, 0.1) is 16.1 Å². The second-order valence-electron chi connectivity index (χ2n) is 4.68. The van der Waals surface area contributed by atoms with Crippen molar-refractivity contribution in [3.05, 3.63) is 44.7 Å². The van der Waals surface area contributed by atoms with Crippen LogP contribution in [-0.2, 0) is 9.53 Å². The maximum atomic E-state index is 11.8. The van der Waals surface area contributed by atoms with Crippen molar-refractivity contribution in [1.82, 2.24) is 4.98 Å². The molecule has 22 heavy (non-hydrogen) atoms. The summed E-state index contributed by atoms with van der Waals surface area (Å²) in [5, 5.41) is 20.0. The van der Waals surface area contributed by atoms with Gasteiger partial charge in [0.1, 0.15) is 12.0 Å². The van der Waals surface area contributed by atoms with Gasteiger partial charge in [-0.15, -0.1) is 0 Å². The molecule has 0 aromatic rings. The third-order valence-corrected chi connectivity index (χ3v) is 3.33. The van der Waals surface area contributed by atoms with Crippen molar-refractivity contribution in [3.63, 3.8) is 0 Å². The SMILES string of the molecule is C=c1c(O)c2cc[nH]/c(=C\OC(=O)/C(C)=C\C)c-2c(O)c1=O. The van der Waals surface area contributed by atoms with E-state index in [4.69, 9.17) is 4.74 Å². The number of carbonyl (C=O) groups excluding carboxylic acids is 1. The van der Waals surface area contributed by atoms with Gasteiger partial charge in [-0.3, -0.25) is 4.79 Å². The number of pyridine rings is 1. The number of aromatic hydroxyl groups is 2. The first-order valence-corrected chi connectivity index (χ1v) is 6.46. The molecule has 0 saturated carbocycles. The fourth-order valence-corrected chi connectivity index (χ4v) is 1.91. The minimum absolute atomic E-state index is 0.0586. The third-order valence-electron chi connectivity index (χ3n) is 3.33. The molecule has 0 unspecified atom stereocenters. The van der Waals surface area contributed by atoms with Crippen LogP contribution in [-0.4, -0.2) is 21.2 Å². The van der Waals surface area contributed by atoms with Crippen molar-refractivity contribution >= 4 is 18.8 Å². The Morgan fingerprint density at radius 3 is 2.68 bits per heavy atom. The van der Waals surface area contributed by atoms with Crippen LogP contribution in [0.4, 0.5) is 0 Å². The summed E-state index contributed by atoms with van der Waals surface area (Å²) in [4.78, 5) is 26.2. The van der Waals surface area contributed by atoms with Crippen molar-refractivity contribution in [2.24, 2.45) is 0 Å². The predicted molar refractivity (Wildman–Crippen MR) is 81.8 cm³/mol. The zero-order chi connectivity index (χ0) is 16.4. The van der Waals surface area contributed by atoms with Crippen LogP contribution >= 0.6 is 0 Å². The first-order valence-electron chi connectivity index (χ1n) is 6.46. The van der Waals surface area contributed by atoms with Gasteiger partial charge in [-0.1, -0.05) is 12.7 Å². The molecule has 1 aliphatic heterocycles. The Bertz CT molecular complexity index is 907. The van der Waals surface area contributed by atoms with E-state index in [1.165, 1.54) is 12.3 Å². The number of phenols is 2. The summed E-state index contributed by atoms with van der Waals surface area (Å²) < 4.78 is 4.98. The number of hydrogen-bond acceptors (Lipinski definition) is 5. The summed E-state index contributed by atoms with van der Waals surface area (Å²) >= 11 is 0. The van der Waals surface area contributed by atoms with Gasteiger partial charge >= 0.3 is 5.97 Å². The molecule has 6 nitrogen and oxygen atoms in total. The van der Waals surface area contributed by atoms with Gasteiger partial charge in [0.25, 0.3) is 0 Å². The fourth-order valence-electron chi connectivity index (χ4n) is 1.91. The van der Waals surface area contributed by atoms with Crippen LogP contribution in [0.1, 0.15) is 13.8 Å². The number of benzene rings is 1. The minimum atomic E-state index is -0.782. The number of carbonyl (C=O) groups is 1. The zero-order valence-electron chi connectivity index (χ0n) is 12.1. The van der Waals surface area contributed by atoms with E-state index in [2.05, 4.69) is 11.6 Å². The summed E-state index contributed by atoms with van der Waals surface area (Å²) in [6.45, 7) is 6.73. The van der Waals surface area contributed by atoms with E-state index < -0.39 is 17.1 Å². The number of allylic oxidation sites excluding steroid dienone is 1. The number of hydrogen-bond donors (Lipinski definition) is 3. The standard InChI is InChI=1S/C16H15NO5/c1-4-8(2)16(21)22-7-11-12-10(5-6-17-11)13(18)9(3)14(19)15(12)20/h4-7,17-18,20H,3H2,1-2H3/b8-4-,11-7-. The summed E-state index contributed by atoms with van der Waals surface area (Å²) in [7, 11) is 0. The Balaban J connectivity index is 2.69. The van der Waals surface area contributed by atoms with Crippen LogP contribution in [0, 0.1) is 0 Å². The summed E-state index contributed by atoms with van der Waals surface area (Å²) in [6.07, 6.45) is 4.16. The van der Waals surface area contributed by atoms with Gasteiger partial charge in [0.15, 0.2) is 5.75 Å². The Hall–Kier alpha value is -3.02. The quantitative estimate of drug-likeness (QED) is 0.427.